The summed E-state index contributed by atoms with van der Waals surface area (Å²) in [6, 6.07) is 4.54. The molecule has 1 atom stereocenters. The molecule has 2 aromatic rings. The third kappa shape index (κ3) is 2.31. The number of aromatic nitrogens is 3. The van der Waals surface area contributed by atoms with Gasteiger partial charge in [0.25, 0.3) is 0 Å². The Balaban J connectivity index is 1.90. The molecule has 0 aromatic carbocycles. The van der Waals surface area contributed by atoms with Gasteiger partial charge in [0, 0.05) is 34.9 Å². The van der Waals surface area contributed by atoms with Gasteiger partial charge in [-0.3, -0.25) is 4.98 Å². The highest BCUT2D eigenvalue weighted by Gasteiger charge is 2.27. The maximum absolute atomic E-state index is 4.43. The molecule has 0 N–H and O–H groups in total. The molecule has 1 saturated heterocycles. The van der Waals surface area contributed by atoms with E-state index in [0.717, 1.165) is 22.5 Å². The minimum atomic E-state index is 0.382. The highest BCUT2D eigenvalue weighted by Crippen LogP contribution is 2.33. The predicted octanol–water partition coefficient (Wildman–Crippen LogP) is 2.82. The molecule has 0 amide bonds. The topological polar surface area (TPSA) is 41.9 Å². The maximum atomic E-state index is 4.43. The Labute approximate surface area is 120 Å². The van der Waals surface area contributed by atoms with Crippen LogP contribution in [0.15, 0.2) is 36.9 Å². The summed E-state index contributed by atoms with van der Waals surface area (Å²) >= 11 is 2.22. The van der Waals surface area contributed by atoms with E-state index in [1.54, 1.807) is 0 Å². The molecule has 3 heterocycles. The molecule has 18 heavy (non-hydrogen) atoms. The molecule has 0 spiro atoms. The van der Waals surface area contributed by atoms with Gasteiger partial charge in [-0.2, -0.15) is 0 Å². The molecule has 92 valence electrons. The standard InChI is InChI=1S/C13H13IN4/c14-11-8-16-13(17-9-11)18-7-1-2-12(18)10-3-5-15-6-4-10/h3-6,8-9,12H,1-2,7H2. The summed E-state index contributed by atoms with van der Waals surface area (Å²) in [7, 11) is 0. The Kier molecular flexibility index (Phi) is 3.40. The van der Waals surface area contributed by atoms with Crippen molar-refractivity contribution in [3.63, 3.8) is 0 Å². The van der Waals surface area contributed by atoms with Crippen molar-refractivity contribution in [2.75, 3.05) is 11.4 Å². The summed E-state index contributed by atoms with van der Waals surface area (Å²) in [6.07, 6.45) is 9.76. The fourth-order valence-corrected chi connectivity index (χ4v) is 2.67. The highest BCUT2D eigenvalue weighted by atomic mass is 127. The van der Waals surface area contributed by atoms with E-state index in [2.05, 4.69) is 54.6 Å². The van der Waals surface area contributed by atoms with Crippen LogP contribution >= 0.6 is 22.6 Å². The Morgan fingerprint density at radius 1 is 1.17 bits per heavy atom. The van der Waals surface area contributed by atoms with Gasteiger partial charge in [-0.05, 0) is 53.1 Å². The van der Waals surface area contributed by atoms with Crippen LogP contribution in [0.4, 0.5) is 5.95 Å². The molecule has 0 saturated carbocycles. The van der Waals surface area contributed by atoms with Crippen LogP contribution in [0.5, 0.6) is 0 Å². The van der Waals surface area contributed by atoms with Crippen LogP contribution in [0, 0.1) is 3.57 Å². The van der Waals surface area contributed by atoms with Crippen LogP contribution < -0.4 is 4.90 Å². The van der Waals surface area contributed by atoms with Crippen LogP contribution in [-0.2, 0) is 0 Å². The lowest BCUT2D eigenvalue weighted by molar-refractivity contribution is 0.700. The molecule has 0 bridgehead atoms. The zero-order valence-electron chi connectivity index (χ0n) is 9.83. The summed E-state index contributed by atoms with van der Waals surface area (Å²) in [5.74, 6) is 0.828. The quantitative estimate of drug-likeness (QED) is 0.780. The Bertz CT molecular complexity index is 514. The van der Waals surface area contributed by atoms with E-state index in [9.17, 15) is 0 Å². The van der Waals surface area contributed by atoms with E-state index < -0.39 is 0 Å². The average Bonchev–Trinajstić information content (AvgIpc) is 2.90. The van der Waals surface area contributed by atoms with Gasteiger partial charge in [-0.25, -0.2) is 9.97 Å². The van der Waals surface area contributed by atoms with E-state index in [0.29, 0.717) is 6.04 Å². The Morgan fingerprint density at radius 2 is 1.89 bits per heavy atom. The van der Waals surface area contributed by atoms with Crippen molar-refractivity contribution in [3.05, 3.63) is 46.1 Å². The SMILES string of the molecule is Ic1cnc(N2CCCC2c2ccncc2)nc1. The van der Waals surface area contributed by atoms with Gasteiger partial charge in [-0.15, -0.1) is 0 Å². The number of nitrogens with zero attached hydrogens (tertiary/aromatic N) is 4. The minimum Gasteiger partial charge on any atom is -0.334 e. The largest absolute Gasteiger partial charge is 0.334 e. The van der Waals surface area contributed by atoms with Crippen LogP contribution in [0.25, 0.3) is 0 Å². The first-order valence-electron chi connectivity index (χ1n) is 5.99. The molecule has 1 aliphatic heterocycles. The third-order valence-electron chi connectivity index (χ3n) is 3.21. The summed E-state index contributed by atoms with van der Waals surface area (Å²) in [4.78, 5) is 15.2. The average molecular weight is 352 g/mol. The molecule has 2 aromatic heterocycles. The number of halogens is 1. The van der Waals surface area contributed by atoms with Crippen molar-refractivity contribution in [3.8, 4) is 0 Å². The minimum absolute atomic E-state index is 0.382. The lowest BCUT2D eigenvalue weighted by Crippen LogP contribution is -2.24. The first-order valence-corrected chi connectivity index (χ1v) is 7.06. The fourth-order valence-electron chi connectivity index (χ4n) is 2.39. The van der Waals surface area contributed by atoms with E-state index in [4.69, 9.17) is 0 Å². The first kappa shape index (κ1) is 11.8. The zero-order valence-corrected chi connectivity index (χ0v) is 12.0. The van der Waals surface area contributed by atoms with Crippen molar-refractivity contribution in [1.29, 1.82) is 0 Å². The van der Waals surface area contributed by atoms with Crippen LogP contribution in [-0.4, -0.2) is 21.5 Å². The van der Waals surface area contributed by atoms with Crippen molar-refractivity contribution < 1.29 is 0 Å². The molecule has 5 heteroatoms. The van der Waals surface area contributed by atoms with E-state index in [-0.39, 0.29) is 0 Å². The second-order valence-electron chi connectivity index (χ2n) is 4.33. The highest BCUT2D eigenvalue weighted by molar-refractivity contribution is 14.1. The molecule has 1 unspecified atom stereocenters. The molecular weight excluding hydrogens is 339 g/mol. The van der Waals surface area contributed by atoms with Gasteiger partial charge in [0.2, 0.25) is 5.95 Å². The molecule has 4 nitrogen and oxygen atoms in total. The maximum Gasteiger partial charge on any atom is 0.225 e. The van der Waals surface area contributed by atoms with Crippen LogP contribution in [0.3, 0.4) is 0 Å². The van der Waals surface area contributed by atoms with Gasteiger partial charge in [-0.1, -0.05) is 0 Å². The summed E-state index contributed by atoms with van der Waals surface area (Å²) in [5.41, 5.74) is 1.30. The summed E-state index contributed by atoms with van der Waals surface area (Å²) in [5, 5.41) is 0. The van der Waals surface area contributed by atoms with Crippen molar-refractivity contribution in [1.82, 2.24) is 15.0 Å². The summed E-state index contributed by atoms with van der Waals surface area (Å²) in [6.45, 7) is 1.02. The van der Waals surface area contributed by atoms with Gasteiger partial charge in [0.1, 0.15) is 0 Å². The number of anilines is 1. The fraction of sp³-hybridized carbons (Fsp3) is 0.308. The van der Waals surface area contributed by atoms with Gasteiger partial charge < -0.3 is 4.90 Å². The van der Waals surface area contributed by atoms with Crippen LogP contribution in [0.2, 0.25) is 0 Å². The van der Waals surface area contributed by atoms with Gasteiger partial charge in [0.05, 0.1) is 6.04 Å². The zero-order chi connectivity index (χ0) is 12.4. The third-order valence-corrected chi connectivity index (χ3v) is 3.76. The summed E-state index contributed by atoms with van der Waals surface area (Å²) < 4.78 is 1.07. The lowest BCUT2D eigenvalue weighted by atomic mass is 10.1. The lowest BCUT2D eigenvalue weighted by Gasteiger charge is -2.24. The number of rotatable bonds is 2. The first-order chi connectivity index (χ1) is 8.84. The molecule has 3 rings (SSSR count). The van der Waals surface area contributed by atoms with E-state index >= 15 is 0 Å². The second kappa shape index (κ2) is 5.17. The number of hydrogen-bond acceptors (Lipinski definition) is 4. The molecular formula is C13H13IN4. The predicted molar refractivity (Wildman–Crippen MR) is 78.3 cm³/mol. The molecule has 1 aliphatic rings. The number of pyridine rings is 1. The molecule has 1 fully saturated rings. The second-order valence-corrected chi connectivity index (χ2v) is 5.58. The van der Waals surface area contributed by atoms with E-state index in [1.165, 1.54) is 12.0 Å². The van der Waals surface area contributed by atoms with Crippen molar-refractivity contribution in [2.24, 2.45) is 0 Å². The molecule has 0 aliphatic carbocycles. The Morgan fingerprint density at radius 3 is 2.61 bits per heavy atom. The smallest absolute Gasteiger partial charge is 0.225 e. The van der Waals surface area contributed by atoms with Crippen LogP contribution in [0.1, 0.15) is 24.4 Å². The normalized spacial score (nSPS) is 19.2. The molecule has 0 radical (unpaired) electrons. The Hall–Kier alpha value is -1.24. The van der Waals surface area contributed by atoms with Gasteiger partial charge in [0.15, 0.2) is 0 Å². The van der Waals surface area contributed by atoms with Gasteiger partial charge >= 0.3 is 0 Å². The van der Waals surface area contributed by atoms with E-state index in [1.807, 2.05) is 24.8 Å². The van der Waals surface area contributed by atoms with Crippen molar-refractivity contribution >= 4 is 28.5 Å². The number of hydrogen-bond donors (Lipinski definition) is 0. The monoisotopic (exact) mass is 352 g/mol. The van der Waals surface area contributed by atoms with Crippen molar-refractivity contribution in [2.45, 2.75) is 18.9 Å².